The lowest BCUT2D eigenvalue weighted by molar-refractivity contribution is 0.171. The second kappa shape index (κ2) is 7.24. The highest BCUT2D eigenvalue weighted by molar-refractivity contribution is 5.85. The van der Waals surface area contributed by atoms with Gasteiger partial charge in [0.05, 0.1) is 0 Å². The van der Waals surface area contributed by atoms with Gasteiger partial charge in [0.2, 0.25) is 0 Å². The minimum Gasteiger partial charge on any atom is -0.410 e. The molecule has 102 valence electrons. The topological polar surface area (TPSA) is 32.8 Å². The normalized spacial score (nSPS) is 9.89. The van der Waals surface area contributed by atoms with Crippen LogP contribution in [0.3, 0.4) is 0 Å². The molecule has 0 saturated heterocycles. The summed E-state index contributed by atoms with van der Waals surface area (Å²) in [4.78, 5) is 15.0. The Morgan fingerprint density at radius 3 is 2.33 bits per heavy atom. The van der Waals surface area contributed by atoms with Crippen LogP contribution in [-0.2, 0) is 6.54 Å². The number of aryl methyl sites for hydroxylation is 1. The summed E-state index contributed by atoms with van der Waals surface area (Å²) in [5.74, 6) is 0.636. The number of carbonyl (C=O) groups excluding carboxylic acids is 1. The average molecular weight is 273 g/mol. The van der Waals surface area contributed by atoms with E-state index in [9.17, 15) is 4.79 Å². The summed E-state index contributed by atoms with van der Waals surface area (Å²) in [6, 6.07) is 5.90. The summed E-state index contributed by atoms with van der Waals surface area (Å²) in [7, 11) is 7.31. The second-order valence-corrected chi connectivity index (χ2v) is 4.61. The lowest BCUT2D eigenvalue weighted by Crippen LogP contribution is -2.26. The third kappa shape index (κ3) is 4.94. The Hall–Kier alpha value is -1.26. The van der Waals surface area contributed by atoms with Gasteiger partial charge in [0, 0.05) is 26.2 Å². The van der Waals surface area contributed by atoms with Crippen molar-refractivity contribution in [3.8, 4) is 5.75 Å². The molecule has 1 rings (SSSR count). The van der Waals surface area contributed by atoms with E-state index in [2.05, 4.69) is 0 Å². The van der Waals surface area contributed by atoms with E-state index < -0.39 is 0 Å². The van der Waals surface area contributed by atoms with E-state index >= 15 is 0 Å². The molecule has 1 aromatic rings. The van der Waals surface area contributed by atoms with Crippen molar-refractivity contribution in [2.45, 2.75) is 13.5 Å². The van der Waals surface area contributed by atoms with Gasteiger partial charge < -0.3 is 14.5 Å². The Balaban J connectivity index is 0.00000289. The van der Waals surface area contributed by atoms with Crippen LogP contribution in [0.25, 0.3) is 0 Å². The molecule has 1 amide bonds. The van der Waals surface area contributed by atoms with Crippen LogP contribution in [0.5, 0.6) is 5.75 Å². The molecule has 0 heterocycles. The van der Waals surface area contributed by atoms with Crippen molar-refractivity contribution in [3.63, 3.8) is 0 Å². The molecule has 0 saturated carbocycles. The number of halogens is 1. The molecule has 0 aliphatic rings. The van der Waals surface area contributed by atoms with Crippen LogP contribution in [0.4, 0.5) is 4.79 Å². The molecule has 0 spiro atoms. The van der Waals surface area contributed by atoms with Crippen LogP contribution < -0.4 is 4.74 Å². The van der Waals surface area contributed by atoms with Gasteiger partial charge in [-0.1, -0.05) is 12.1 Å². The maximum Gasteiger partial charge on any atom is 0.414 e. The molecule has 5 heteroatoms. The van der Waals surface area contributed by atoms with Gasteiger partial charge in [-0.2, -0.15) is 0 Å². The number of rotatable bonds is 3. The first-order valence-electron chi connectivity index (χ1n) is 5.53. The maximum absolute atomic E-state index is 11.6. The minimum absolute atomic E-state index is 0. The largest absolute Gasteiger partial charge is 0.414 e. The SMILES string of the molecule is Cc1ccc(CN(C)C)c(OC(=O)N(C)C)c1.Cl. The zero-order valence-corrected chi connectivity index (χ0v) is 12.4. The Labute approximate surface area is 115 Å². The average Bonchev–Trinajstić information content (AvgIpc) is 2.21. The highest BCUT2D eigenvalue weighted by Crippen LogP contribution is 2.22. The molecule has 0 aliphatic heterocycles. The van der Waals surface area contributed by atoms with E-state index in [1.54, 1.807) is 14.1 Å². The number of nitrogens with zero attached hydrogens (tertiary/aromatic N) is 2. The molecule has 18 heavy (non-hydrogen) atoms. The number of ether oxygens (including phenoxy) is 1. The van der Waals surface area contributed by atoms with Crippen molar-refractivity contribution >= 4 is 18.5 Å². The molecule has 1 aromatic carbocycles. The number of carbonyl (C=O) groups is 1. The summed E-state index contributed by atoms with van der Waals surface area (Å²) in [5, 5.41) is 0. The van der Waals surface area contributed by atoms with Crippen molar-refractivity contribution in [1.29, 1.82) is 0 Å². The van der Waals surface area contributed by atoms with E-state index in [0.717, 1.165) is 17.7 Å². The third-order valence-electron chi connectivity index (χ3n) is 2.27. The molecule has 0 fully saturated rings. The molecule has 0 N–H and O–H groups in total. The van der Waals surface area contributed by atoms with Gasteiger partial charge in [0.25, 0.3) is 0 Å². The predicted octanol–water partition coefficient (Wildman–Crippen LogP) is 2.54. The summed E-state index contributed by atoms with van der Waals surface area (Å²) in [5.41, 5.74) is 2.09. The maximum atomic E-state index is 11.6. The molecular weight excluding hydrogens is 252 g/mol. The van der Waals surface area contributed by atoms with Gasteiger partial charge in [0.1, 0.15) is 5.75 Å². The van der Waals surface area contributed by atoms with Crippen LogP contribution in [0.15, 0.2) is 18.2 Å². The van der Waals surface area contributed by atoms with Crippen LogP contribution >= 0.6 is 12.4 Å². The van der Waals surface area contributed by atoms with E-state index in [1.807, 2.05) is 44.1 Å². The summed E-state index contributed by atoms with van der Waals surface area (Å²) >= 11 is 0. The first-order chi connectivity index (χ1) is 7.90. The zero-order chi connectivity index (χ0) is 13.0. The van der Waals surface area contributed by atoms with Crippen molar-refractivity contribution < 1.29 is 9.53 Å². The summed E-state index contributed by atoms with van der Waals surface area (Å²) in [6.45, 7) is 2.72. The van der Waals surface area contributed by atoms with Gasteiger partial charge in [-0.3, -0.25) is 0 Å². The van der Waals surface area contributed by atoms with E-state index in [1.165, 1.54) is 4.90 Å². The lowest BCUT2D eigenvalue weighted by Gasteiger charge is -2.16. The van der Waals surface area contributed by atoms with Crippen molar-refractivity contribution in [3.05, 3.63) is 29.3 Å². The fourth-order valence-corrected chi connectivity index (χ4v) is 1.41. The number of amides is 1. The number of hydrogen-bond acceptors (Lipinski definition) is 3. The van der Waals surface area contributed by atoms with Gasteiger partial charge >= 0.3 is 6.09 Å². The van der Waals surface area contributed by atoms with Crippen LogP contribution in [0, 0.1) is 6.92 Å². The second-order valence-electron chi connectivity index (χ2n) is 4.61. The first kappa shape index (κ1) is 16.7. The fourth-order valence-electron chi connectivity index (χ4n) is 1.41. The highest BCUT2D eigenvalue weighted by Gasteiger charge is 2.11. The van der Waals surface area contributed by atoms with Crippen LogP contribution in [-0.4, -0.2) is 44.1 Å². The Morgan fingerprint density at radius 2 is 1.83 bits per heavy atom. The monoisotopic (exact) mass is 272 g/mol. The van der Waals surface area contributed by atoms with Gasteiger partial charge in [-0.05, 0) is 32.6 Å². The molecule has 0 aliphatic carbocycles. The van der Waals surface area contributed by atoms with Crippen molar-refractivity contribution in [2.24, 2.45) is 0 Å². The fraction of sp³-hybridized carbons (Fsp3) is 0.462. The van der Waals surface area contributed by atoms with Crippen LogP contribution in [0.2, 0.25) is 0 Å². The standard InChI is InChI=1S/C13H20N2O2.ClH/c1-10-6-7-11(9-14(2)3)12(8-10)17-13(16)15(4)5;/h6-8H,9H2,1-5H3;1H. The predicted molar refractivity (Wildman–Crippen MR) is 75.5 cm³/mol. The van der Waals surface area contributed by atoms with E-state index in [4.69, 9.17) is 4.74 Å². The highest BCUT2D eigenvalue weighted by atomic mass is 35.5. The van der Waals surface area contributed by atoms with Crippen molar-refractivity contribution in [2.75, 3.05) is 28.2 Å². The molecular formula is C13H21ClN2O2. The van der Waals surface area contributed by atoms with Crippen LogP contribution in [0.1, 0.15) is 11.1 Å². The molecule has 0 aromatic heterocycles. The number of hydrogen-bond donors (Lipinski definition) is 0. The summed E-state index contributed by atoms with van der Waals surface area (Å²) in [6.07, 6.45) is -0.351. The Kier molecular flexibility index (Phi) is 6.73. The molecule has 0 unspecified atom stereocenters. The van der Waals surface area contributed by atoms with E-state index in [0.29, 0.717) is 5.75 Å². The third-order valence-corrected chi connectivity index (χ3v) is 2.27. The first-order valence-corrected chi connectivity index (χ1v) is 5.53. The zero-order valence-electron chi connectivity index (χ0n) is 11.6. The smallest absolute Gasteiger partial charge is 0.410 e. The van der Waals surface area contributed by atoms with Gasteiger partial charge in [-0.15, -0.1) is 12.4 Å². The quantitative estimate of drug-likeness (QED) is 0.848. The van der Waals surface area contributed by atoms with Crippen molar-refractivity contribution in [1.82, 2.24) is 9.80 Å². The lowest BCUT2D eigenvalue weighted by atomic mass is 10.1. The van der Waals surface area contributed by atoms with E-state index in [-0.39, 0.29) is 18.5 Å². The Bertz CT molecular complexity index is 406. The molecule has 0 radical (unpaired) electrons. The molecule has 0 atom stereocenters. The Morgan fingerprint density at radius 1 is 1.22 bits per heavy atom. The van der Waals surface area contributed by atoms with Gasteiger partial charge in [-0.25, -0.2) is 4.79 Å². The minimum atomic E-state index is -0.351. The van der Waals surface area contributed by atoms with Gasteiger partial charge in [0.15, 0.2) is 0 Å². The molecule has 0 bridgehead atoms. The number of benzene rings is 1. The molecule has 4 nitrogen and oxygen atoms in total. The summed E-state index contributed by atoms with van der Waals surface area (Å²) < 4.78 is 5.35.